The summed E-state index contributed by atoms with van der Waals surface area (Å²) in [6, 6.07) is 3.74. The zero-order valence-electron chi connectivity index (χ0n) is 14.5. The summed E-state index contributed by atoms with van der Waals surface area (Å²) in [5.41, 5.74) is 6.36. The number of unbranched alkanes of at least 4 members (excludes halogenated alkanes) is 3. The Morgan fingerprint density at radius 2 is 1.55 bits per heavy atom. The van der Waals surface area contributed by atoms with E-state index in [1.807, 2.05) is 18.3 Å². The Hall–Kier alpha value is -0.581. The molecule has 0 unspecified atom stereocenters. The molecular weight excluding hydrogens is 379 g/mol. The summed E-state index contributed by atoms with van der Waals surface area (Å²) in [4.78, 5) is 16.6. The van der Waals surface area contributed by atoms with E-state index in [1.165, 1.54) is 51.8 Å². The average Bonchev–Trinajstić information content (AvgIpc) is 2.54. The first-order valence-electron chi connectivity index (χ1n) is 8.86. The zero-order chi connectivity index (χ0) is 16.4. The quantitative estimate of drug-likeness (QED) is 0.554. The van der Waals surface area contributed by atoms with Gasteiger partial charge in [0.1, 0.15) is 0 Å². The van der Waals surface area contributed by atoms with E-state index in [2.05, 4.69) is 20.8 Å². The van der Waals surface area contributed by atoms with Gasteiger partial charge < -0.3 is 0 Å². The molecule has 0 saturated carbocycles. The Kier molecular flexibility index (Phi) is 9.06. The third kappa shape index (κ3) is 5.25. The molecule has 0 aromatic carbocycles. The van der Waals surface area contributed by atoms with E-state index in [0.717, 1.165) is 3.71 Å². The Morgan fingerprint density at radius 1 is 1.05 bits per heavy atom. The van der Waals surface area contributed by atoms with Crippen molar-refractivity contribution in [3.05, 3.63) is 23.9 Å². The van der Waals surface area contributed by atoms with Crippen LogP contribution >= 0.6 is 0 Å². The molecule has 0 radical (unpaired) electrons. The first kappa shape index (κ1) is 19.5. The van der Waals surface area contributed by atoms with Gasteiger partial charge in [-0.15, -0.1) is 0 Å². The molecule has 0 aliphatic carbocycles. The van der Waals surface area contributed by atoms with Gasteiger partial charge in [0, 0.05) is 0 Å². The number of aromatic nitrogens is 1. The van der Waals surface area contributed by atoms with Crippen LogP contribution in [0.5, 0.6) is 0 Å². The van der Waals surface area contributed by atoms with Gasteiger partial charge in [-0.1, -0.05) is 0 Å². The summed E-state index contributed by atoms with van der Waals surface area (Å²) in [7, 11) is 0. The van der Waals surface area contributed by atoms with Gasteiger partial charge in [0.25, 0.3) is 0 Å². The monoisotopic (exact) mass is 412 g/mol. The van der Waals surface area contributed by atoms with Crippen LogP contribution in [0.15, 0.2) is 18.3 Å². The van der Waals surface area contributed by atoms with Gasteiger partial charge in [-0.05, 0) is 0 Å². The molecule has 1 amide bonds. The normalized spacial score (nSPS) is 11.6. The van der Waals surface area contributed by atoms with Crippen LogP contribution < -0.4 is 9.44 Å². The number of carbonyl (C=O) groups excluding carboxylic acids is 1. The molecule has 22 heavy (non-hydrogen) atoms. The SMILES string of the molecule is CCC[CH2][Sn]([CH2]CCC)([CH2]CCC)[c]1ncccc1C(N)=O. The molecule has 0 bridgehead atoms. The Labute approximate surface area is 140 Å². The van der Waals surface area contributed by atoms with Crippen LogP contribution in [-0.2, 0) is 0 Å². The van der Waals surface area contributed by atoms with Gasteiger partial charge >= 0.3 is 140 Å². The van der Waals surface area contributed by atoms with E-state index in [-0.39, 0.29) is 5.91 Å². The summed E-state index contributed by atoms with van der Waals surface area (Å²) in [6.07, 6.45) is 9.30. The number of hydrogen-bond acceptors (Lipinski definition) is 2. The van der Waals surface area contributed by atoms with Crippen LogP contribution in [0.1, 0.15) is 69.7 Å². The standard InChI is InChI=1S/C6H5N2O.3C4H9.Sn/c7-6(9)5-2-1-3-8-4-5;3*1-3-4-2;/h1-3H,(H2,7,9);3*1,3-4H2,2H3;. The number of rotatable bonds is 11. The molecule has 1 heterocycles. The molecule has 1 aromatic heterocycles. The number of pyridine rings is 1. The molecule has 0 aliphatic heterocycles. The van der Waals surface area contributed by atoms with E-state index in [9.17, 15) is 4.79 Å². The van der Waals surface area contributed by atoms with Gasteiger partial charge in [-0.2, -0.15) is 0 Å². The van der Waals surface area contributed by atoms with Gasteiger partial charge in [-0.3, -0.25) is 0 Å². The fraction of sp³-hybridized carbons (Fsp3) is 0.667. The third-order valence-electron chi connectivity index (χ3n) is 4.60. The number of primary amides is 1. The van der Waals surface area contributed by atoms with Crippen molar-refractivity contribution in [3.63, 3.8) is 0 Å². The molecule has 0 aliphatic rings. The maximum absolute atomic E-state index is 11.9. The van der Waals surface area contributed by atoms with Crippen molar-refractivity contribution in [2.75, 3.05) is 0 Å². The van der Waals surface area contributed by atoms with Crippen molar-refractivity contribution in [2.24, 2.45) is 5.73 Å². The summed E-state index contributed by atoms with van der Waals surface area (Å²) >= 11 is -2.66. The molecule has 3 nitrogen and oxygen atoms in total. The van der Waals surface area contributed by atoms with Gasteiger partial charge in [-0.25, -0.2) is 0 Å². The molecule has 0 spiro atoms. The molecule has 124 valence electrons. The van der Waals surface area contributed by atoms with E-state index in [1.54, 1.807) is 0 Å². The van der Waals surface area contributed by atoms with Crippen LogP contribution in [-0.4, -0.2) is 29.3 Å². The van der Waals surface area contributed by atoms with Gasteiger partial charge in [0.05, 0.1) is 0 Å². The summed E-state index contributed by atoms with van der Waals surface area (Å²) < 4.78 is 5.08. The number of amides is 1. The fourth-order valence-electron chi connectivity index (χ4n) is 3.30. The number of carbonyl (C=O) groups is 1. The average molecular weight is 411 g/mol. The predicted octanol–water partition coefficient (Wildman–Crippen LogP) is 4.24. The minimum atomic E-state index is -2.66. The Balaban J connectivity index is 3.28. The minimum absolute atomic E-state index is 0.298. The van der Waals surface area contributed by atoms with Crippen LogP contribution in [0.4, 0.5) is 0 Å². The predicted molar refractivity (Wildman–Crippen MR) is 97.3 cm³/mol. The first-order chi connectivity index (χ1) is 10.6. The molecule has 4 heteroatoms. The van der Waals surface area contributed by atoms with E-state index < -0.39 is 18.4 Å². The second-order valence-corrected chi connectivity index (χ2v) is 19.3. The van der Waals surface area contributed by atoms with Crippen LogP contribution in [0, 0.1) is 0 Å². The van der Waals surface area contributed by atoms with Gasteiger partial charge in [0.15, 0.2) is 0 Å². The summed E-state index contributed by atoms with van der Waals surface area (Å²) in [5.74, 6) is -0.298. The molecule has 0 fully saturated rings. The summed E-state index contributed by atoms with van der Waals surface area (Å²) in [5, 5.41) is 0. The molecule has 1 rings (SSSR count). The fourth-order valence-corrected chi connectivity index (χ4v) is 19.5. The van der Waals surface area contributed by atoms with Crippen molar-refractivity contribution in [1.82, 2.24) is 4.98 Å². The van der Waals surface area contributed by atoms with E-state index in [0.29, 0.717) is 5.56 Å². The van der Waals surface area contributed by atoms with Crippen molar-refractivity contribution in [1.29, 1.82) is 0 Å². The van der Waals surface area contributed by atoms with Gasteiger partial charge in [0.2, 0.25) is 0 Å². The van der Waals surface area contributed by atoms with Crippen molar-refractivity contribution >= 4 is 28.0 Å². The van der Waals surface area contributed by atoms with Crippen LogP contribution in [0.3, 0.4) is 0 Å². The van der Waals surface area contributed by atoms with Crippen LogP contribution in [0.2, 0.25) is 13.3 Å². The number of nitrogens with two attached hydrogens (primary N) is 1. The third-order valence-corrected chi connectivity index (χ3v) is 19.8. The number of hydrogen-bond donors (Lipinski definition) is 1. The van der Waals surface area contributed by atoms with Crippen molar-refractivity contribution in [3.8, 4) is 0 Å². The maximum atomic E-state index is 11.9. The van der Waals surface area contributed by atoms with Crippen molar-refractivity contribution < 1.29 is 4.79 Å². The van der Waals surface area contributed by atoms with Crippen molar-refractivity contribution in [2.45, 2.75) is 72.6 Å². The molecule has 0 atom stereocenters. The van der Waals surface area contributed by atoms with Crippen LogP contribution in [0.25, 0.3) is 0 Å². The van der Waals surface area contributed by atoms with E-state index >= 15 is 0 Å². The molecular formula is C18H32N2OSn. The second kappa shape index (κ2) is 10.2. The second-order valence-electron chi connectivity index (χ2n) is 6.35. The molecule has 2 N–H and O–H groups in total. The van der Waals surface area contributed by atoms with E-state index in [4.69, 9.17) is 10.7 Å². The Morgan fingerprint density at radius 3 is 1.95 bits per heavy atom. The first-order valence-corrected chi connectivity index (χ1v) is 16.3. The molecule has 1 aromatic rings. The number of nitrogens with zero attached hydrogens (tertiary/aromatic N) is 1. The zero-order valence-corrected chi connectivity index (χ0v) is 17.4. The topological polar surface area (TPSA) is 56.0 Å². The molecule has 0 saturated heterocycles. The summed E-state index contributed by atoms with van der Waals surface area (Å²) in [6.45, 7) is 6.76. The Bertz CT molecular complexity index is 440.